The lowest BCUT2D eigenvalue weighted by Gasteiger charge is -2.16. The molecule has 0 unspecified atom stereocenters. The number of likely N-dealkylation sites (tertiary alicyclic amines) is 1. The zero-order valence-electron chi connectivity index (χ0n) is 14.0. The summed E-state index contributed by atoms with van der Waals surface area (Å²) in [6, 6.07) is 14.7. The molecule has 2 aromatic rings. The van der Waals surface area contributed by atoms with E-state index in [-0.39, 0.29) is 23.1 Å². The Morgan fingerprint density at radius 3 is 2.27 bits per heavy atom. The minimum atomic E-state index is -3.50. The van der Waals surface area contributed by atoms with E-state index in [9.17, 15) is 18.0 Å². The van der Waals surface area contributed by atoms with E-state index in [1.54, 1.807) is 24.3 Å². The van der Waals surface area contributed by atoms with E-state index in [1.165, 1.54) is 29.2 Å². The third-order valence-electron chi connectivity index (χ3n) is 4.48. The molecule has 1 N–H and O–H groups in total. The Hall–Kier alpha value is -2.67. The minimum absolute atomic E-state index is 0.104. The molecule has 1 fully saturated rings. The second-order valence-electron chi connectivity index (χ2n) is 6.34. The standard InChI is InChI=1S/C19H19NO5S/c21-18(20-11-10-16(12-20)19(22)23)15-6-8-17(9-7-15)26(24,25)13-14-4-2-1-3-5-14/h1-9,16H,10-13H2,(H,22,23)/t16-/m1/s1. The molecule has 1 atom stereocenters. The number of nitrogens with zero attached hydrogens (tertiary/aromatic N) is 1. The molecular weight excluding hydrogens is 354 g/mol. The average Bonchev–Trinajstić information content (AvgIpc) is 3.12. The third-order valence-corrected chi connectivity index (χ3v) is 6.19. The van der Waals surface area contributed by atoms with E-state index in [2.05, 4.69) is 0 Å². The first-order valence-electron chi connectivity index (χ1n) is 8.25. The zero-order valence-corrected chi connectivity index (χ0v) is 14.9. The number of benzene rings is 2. The van der Waals surface area contributed by atoms with E-state index in [0.717, 1.165) is 0 Å². The lowest BCUT2D eigenvalue weighted by atomic mass is 10.1. The molecule has 0 spiro atoms. The van der Waals surface area contributed by atoms with Crippen LogP contribution in [-0.2, 0) is 20.4 Å². The quantitative estimate of drug-likeness (QED) is 0.868. The van der Waals surface area contributed by atoms with Gasteiger partial charge in [0, 0.05) is 18.7 Å². The largest absolute Gasteiger partial charge is 0.481 e. The first-order valence-corrected chi connectivity index (χ1v) is 9.91. The molecule has 3 rings (SSSR count). The van der Waals surface area contributed by atoms with Gasteiger partial charge in [0.05, 0.1) is 16.6 Å². The van der Waals surface area contributed by atoms with Crippen molar-refractivity contribution in [2.24, 2.45) is 5.92 Å². The van der Waals surface area contributed by atoms with Gasteiger partial charge in [0.1, 0.15) is 0 Å². The smallest absolute Gasteiger partial charge is 0.308 e. The number of aliphatic carboxylic acids is 1. The molecule has 0 aliphatic carbocycles. The number of hydrogen-bond donors (Lipinski definition) is 1. The average molecular weight is 373 g/mol. The Bertz CT molecular complexity index is 907. The molecule has 0 bridgehead atoms. The highest BCUT2D eigenvalue weighted by Crippen LogP contribution is 2.21. The Kier molecular flexibility index (Phi) is 5.08. The number of amides is 1. The lowest BCUT2D eigenvalue weighted by molar-refractivity contribution is -0.141. The second-order valence-corrected chi connectivity index (χ2v) is 8.33. The molecule has 6 nitrogen and oxygen atoms in total. The van der Waals surface area contributed by atoms with Crippen LogP contribution in [0.2, 0.25) is 0 Å². The zero-order chi connectivity index (χ0) is 18.7. The predicted octanol–water partition coefficient (Wildman–Crippen LogP) is 2.21. The van der Waals surface area contributed by atoms with E-state index in [0.29, 0.717) is 24.1 Å². The minimum Gasteiger partial charge on any atom is -0.481 e. The summed E-state index contributed by atoms with van der Waals surface area (Å²) in [6.45, 7) is 0.575. The van der Waals surface area contributed by atoms with Crippen LogP contribution in [0, 0.1) is 5.92 Å². The monoisotopic (exact) mass is 373 g/mol. The molecule has 1 heterocycles. The first kappa shape index (κ1) is 18.1. The normalized spacial score (nSPS) is 17.2. The molecule has 136 valence electrons. The van der Waals surface area contributed by atoms with Crippen molar-refractivity contribution >= 4 is 21.7 Å². The van der Waals surface area contributed by atoms with Crippen LogP contribution in [0.1, 0.15) is 22.3 Å². The van der Waals surface area contributed by atoms with Crippen LogP contribution < -0.4 is 0 Å². The van der Waals surface area contributed by atoms with Crippen LogP contribution in [-0.4, -0.2) is 43.4 Å². The van der Waals surface area contributed by atoms with Gasteiger partial charge in [-0.25, -0.2) is 8.42 Å². The summed E-state index contributed by atoms with van der Waals surface area (Å²) in [6.07, 6.45) is 0.435. The first-order chi connectivity index (χ1) is 12.4. The maximum Gasteiger partial charge on any atom is 0.308 e. The molecule has 0 saturated carbocycles. The second kappa shape index (κ2) is 7.29. The SMILES string of the molecule is O=C(O)[C@@H]1CCN(C(=O)c2ccc(S(=O)(=O)Cc3ccccc3)cc2)C1. The van der Waals surface area contributed by atoms with Crippen molar-refractivity contribution < 1.29 is 23.1 Å². The number of carboxylic acid groups (broad SMARTS) is 1. The fourth-order valence-corrected chi connectivity index (χ4v) is 4.36. The highest BCUT2D eigenvalue weighted by molar-refractivity contribution is 7.90. The van der Waals surface area contributed by atoms with Crippen LogP contribution in [0.25, 0.3) is 0 Å². The van der Waals surface area contributed by atoms with Gasteiger partial charge in [-0.2, -0.15) is 0 Å². The Balaban J connectivity index is 1.72. The van der Waals surface area contributed by atoms with E-state index >= 15 is 0 Å². The van der Waals surface area contributed by atoms with E-state index in [4.69, 9.17) is 5.11 Å². The van der Waals surface area contributed by atoms with Crippen molar-refractivity contribution in [1.29, 1.82) is 0 Å². The van der Waals surface area contributed by atoms with Gasteiger partial charge in [0.25, 0.3) is 5.91 Å². The fourth-order valence-electron chi connectivity index (χ4n) is 3.01. The molecule has 1 amide bonds. The predicted molar refractivity (Wildman–Crippen MR) is 95.4 cm³/mol. The van der Waals surface area contributed by atoms with Gasteiger partial charge < -0.3 is 10.0 Å². The van der Waals surface area contributed by atoms with Gasteiger partial charge in [-0.1, -0.05) is 30.3 Å². The maximum absolute atomic E-state index is 12.5. The molecule has 1 aliphatic heterocycles. The van der Waals surface area contributed by atoms with Crippen molar-refractivity contribution in [2.75, 3.05) is 13.1 Å². The fraction of sp³-hybridized carbons (Fsp3) is 0.263. The maximum atomic E-state index is 12.5. The molecule has 0 aromatic heterocycles. The summed E-state index contributed by atoms with van der Waals surface area (Å²) in [7, 11) is -3.50. The Labute approximate surface area is 152 Å². The molecule has 1 saturated heterocycles. The third kappa shape index (κ3) is 3.94. The Morgan fingerprint density at radius 2 is 1.69 bits per heavy atom. The van der Waals surface area contributed by atoms with Gasteiger partial charge >= 0.3 is 5.97 Å². The number of carbonyl (C=O) groups excluding carboxylic acids is 1. The summed E-state index contributed by atoms with van der Waals surface area (Å²) in [5.74, 6) is -1.82. The summed E-state index contributed by atoms with van der Waals surface area (Å²) in [4.78, 5) is 25.1. The van der Waals surface area contributed by atoms with Crippen LogP contribution in [0.4, 0.5) is 0 Å². The van der Waals surface area contributed by atoms with Crippen molar-refractivity contribution in [1.82, 2.24) is 4.90 Å². The molecular formula is C19H19NO5S. The number of sulfone groups is 1. The number of carboxylic acids is 1. The Morgan fingerprint density at radius 1 is 1.04 bits per heavy atom. The molecule has 2 aromatic carbocycles. The highest BCUT2D eigenvalue weighted by Gasteiger charge is 2.31. The summed E-state index contributed by atoms with van der Waals surface area (Å²) >= 11 is 0. The topological polar surface area (TPSA) is 91.8 Å². The van der Waals surface area contributed by atoms with Crippen LogP contribution >= 0.6 is 0 Å². The van der Waals surface area contributed by atoms with Gasteiger partial charge in [-0.05, 0) is 36.2 Å². The van der Waals surface area contributed by atoms with Gasteiger partial charge in [-0.3, -0.25) is 9.59 Å². The van der Waals surface area contributed by atoms with Crippen molar-refractivity contribution in [3.8, 4) is 0 Å². The van der Waals surface area contributed by atoms with Crippen LogP contribution in [0.15, 0.2) is 59.5 Å². The van der Waals surface area contributed by atoms with E-state index < -0.39 is 21.7 Å². The van der Waals surface area contributed by atoms with Crippen molar-refractivity contribution in [3.05, 3.63) is 65.7 Å². The molecule has 26 heavy (non-hydrogen) atoms. The number of carbonyl (C=O) groups is 2. The molecule has 7 heteroatoms. The van der Waals surface area contributed by atoms with Gasteiger partial charge in [0.15, 0.2) is 9.84 Å². The van der Waals surface area contributed by atoms with Crippen molar-refractivity contribution in [3.63, 3.8) is 0 Å². The van der Waals surface area contributed by atoms with Crippen LogP contribution in [0.3, 0.4) is 0 Å². The van der Waals surface area contributed by atoms with Gasteiger partial charge in [-0.15, -0.1) is 0 Å². The lowest BCUT2D eigenvalue weighted by Crippen LogP contribution is -2.29. The van der Waals surface area contributed by atoms with Gasteiger partial charge in [0.2, 0.25) is 0 Å². The summed E-state index contributed by atoms with van der Waals surface area (Å²) in [5, 5.41) is 9.03. The van der Waals surface area contributed by atoms with Crippen molar-refractivity contribution in [2.45, 2.75) is 17.1 Å². The van der Waals surface area contributed by atoms with E-state index in [1.807, 2.05) is 6.07 Å². The molecule has 0 radical (unpaired) electrons. The number of hydrogen-bond acceptors (Lipinski definition) is 4. The summed E-state index contributed by atoms with van der Waals surface area (Å²) in [5.41, 5.74) is 1.05. The number of rotatable bonds is 5. The highest BCUT2D eigenvalue weighted by atomic mass is 32.2. The van der Waals surface area contributed by atoms with Crippen LogP contribution in [0.5, 0.6) is 0 Å². The summed E-state index contributed by atoms with van der Waals surface area (Å²) < 4.78 is 25.0. The molecule has 1 aliphatic rings.